The van der Waals surface area contributed by atoms with Crippen LogP contribution in [0.3, 0.4) is 0 Å². The summed E-state index contributed by atoms with van der Waals surface area (Å²) in [6.45, 7) is 0. The van der Waals surface area contributed by atoms with Gasteiger partial charge in [0.15, 0.2) is 12.6 Å². The van der Waals surface area contributed by atoms with E-state index < -0.39 is 0 Å². The van der Waals surface area contributed by atoms with Crippen molar-refractivity contribution in [1.82, 2.24) is 0 Å². The van der Waals surface area contributed by atoms with Gasteiger partial charge in [0.1, 0.15) is 0 Å². The molecule has 1 aromatic carbocycles. The Labute approximate surface area is 77.6 Å². The lowest BCUT2D eigenvalue weighted by Gasteiger charge is -2.09. The molecule has 2 heteroatoms. The molecule has 0 N–H and O–H groups in total. The molecule has 2 radical (unpaired) electrons. The van der Waals surface area contributed by atoms with E-state index in [-0.39, 0.29) is 18.8 Å². The molecule has 0 atom stereocenters. The van der Waals surface area contributed by atoms with Crippen molar-refractivity contribution in [3.8, 4) is 0 Å². The van der Waals surface area contributed by atoms with Crippen LogP contribution in [0, 0.1) is 0 Å². The fourth-order valence-electron chi connectivity index (χ4n) is 1.23. The van der Waals surface area contributed by atoms with Crippen LogP contribution >= 0.6 is 0 Å². The van der Waals surface area contributed by atoms with Gasteiger partial charge in [-0.15, -0.1) is 0 Å². The number of hydrogen-bond acceptors (Lipinski definition) is 2. The molecule has 0 spiro atoms. The van der Waals surface area contributed by atoms with Gasteiger partial charge < -0.3 is 0 Å². The Balaban J connectivity index is 2.75. The van der Waals surface area contributed by atoms with E-state index in [0.29, 0.717) is 0 Å². The lowest BCUT2D eigenvalue weighted by molar-refractivity contribution is 0.530. The Hall–Kier alpha value is -1.44. The minimum Gasteiger partial charge on any atom is -0.291 e. The minimum absolute atomic E-state index is 0.0591. The summed E-state index contributed by atoms with van der Waals surface area (Å²) in [5.41, 5.74) is 0.995. The van der Waals surface area contributed by atoms with Crippen molar-refractivity contribution in [2.75, 3.05) is 0 Å². The second kappa shape index (κ2) is 5.25. The summed E-state index contributed by atoms with van der Waals surface area (Å²) in [6.07, 6.45) is 4.17. The summed E-state index contributed by atoms with van der Waals surface area (Å²) >= 11 is 0. The maximum atomic E-state index is 10.2. The average molecular weight is 174 g/mol. The first-order valence-electron chi connectivity index (χ1n) is 4.13. The molecule has 0 fully saturated rings. The monoisotopic (exact) mass is 174 g/mol. The minimum atomic E-state index is -0.0591. The third kappa shape index (κ3) is 2.82. The Morgan fingerprint density at radius 1 is 1.00 bits per heavy atom. The number of hydrogen-bond donors (Lipinski definition) is 0. The molecule has 0 heterocycles. The Morgan fingerprint density at radius 2 is 1.54 bits per heavy atom. The second-order valence-corrected chi connectivity index (χ2v) is 2.80. The van der Waals surface area contributed by atoms with E-state index >= 15 is 0 Å². The standard InChI is InChI=1S/C11H10O2/c12-8-6-11(7-9-13)10-4-2-1-3-5-10/h1-5,11H,6-7H2. The molecule has 0 unspecified atom stereocenters. The van der Waals surface area contributed by atoms with Gasteiger partial charge in [-0.05, 0) is 11.5 Å². The highest BCUT2D eigenvalue weighted by molar-refractivity contribution is 5.57. The zero-order valence-corrected chi connectivity index (χ0v) is 7.19. The van der Waals surface area contributed by atoms with E-state index in [9.17, 15) is 9.59 Å². The highest BCUT2D eigenvalue weighted by Crippen LogP contribution is 2.20. The highest BCUT2D eigenvalue weighted by atomic mass is 16.1. The van der Waals surface area contributed by atoms with Crippen molar-refractivity contribution in [3.63, 3.8) is 0 Å². The zero-order valence-electron chi connectivity index (χ0n) is 7.19. The Bertz CT molecular complexity index is 257. The van der Waals surface area contributed by atoms with Crippen molar-refractivity contribution in [1.29, 1.82) is 0 Å². The fourth-order valence-corrected chi connectivity index (χ4v) is 1.23. The third-order valence-electron chi connectivity index (χ3n) is 1.93. The van der Waals surface area contributed by atoms with Crippen LogP contribution in [0.5, 0.6) is 0 Å². The van der Waals surface area contributed by atoms with E-state index in [0.717, 1.165) is 5.56 Å². The lowest BCUT2D eigenvalue weighted by Crippen LogP contribution is -1.99. The predicted molar refractivity (Wildman–Crippen MR) is 49.8 cm³/mol. The van der Waals surface area contributed by atoms with Crippen molar-refractivity contribution in [2.45, 2.75) is 18.8 Å². The molecule has 0 saturated heterocycles. The van der Waals surface area contributed by atoms with Crippen LogP contribution in [-0.4, -0.2) is 12.6 Å². The summed E-state index contributed by atoms with van der Waals surface area (Å²) < 4.78 is 0. The summed E-state index contributed by atoms with van der Waals surface area (Å²) in [5.74, 6) is -0.0591. The Morgan fingerprint density at radius 3 is 2.00 bits per heavy atom. The maximum absolute atomic E-state index is 10.2. The van der Waals surface area contributed by atoms with E-state index in [2.05, 4.69) is 0 Å². The molecule has 0 aliphatic rings. The fraction of sp³-hybridized carbons (Fsp3) is 0.273. The van der Waals surface area contributed by atoms with Gasteiger partial charge in [0.05, 0.1) is 0 Å². The largest absolute Gasteiger partial charge is 0.291 e. The van der Waals surface area contributed by atoms with Gasteiger partial charge in [0, 0.05) is 12.8 Å². The number of rotatable bonds is 5. The van der Waals surface area contributed by atoms with Gasteiger partial charge in [-0.1, -0.05) is 30.3 Å². The predicted octanol–water partition coefficient (Wildman–Crippen LogP) is 1.77. The molecule has 2 nitrogen and oxygen atoms in total. The summed E-state index contributed by atoms with van der Waals surface area (Å²) in [4.78, 5) is 20.4. The van der Waals surface area contributed by atoms with Crippen molar-refractivity contribution in [3.05, 3.63) is 35.9 Å². The zero-order chi connectivity index (χ0) is 9.52. The second-order valence-electron chi connectivity index (χ2n) is 2.80. The van der Waals surface area contributed by atoms with Crippen molar-refractivity contribution >= 4 is 12.6 Å². The summed E-state index contributed by atoms with van der Waals surface area (Å²) in [5, 5.41) is 0. The van der Waals surface area contributed by atoms with Crippen molar-refractivity contribution in [2.24, 2.45) is 0 Å². The quantitative estimate of drug-likeness (QED) is 0.681. The smallest absolute Gasteiger partial charge is 0.199 e. The third-order valence-corrected chi connectivity index (χ3v) is 1.93. The summed E-state index contributed by atoms with van der Waals surface area (Å²) in [6, 6.07) is 9.48. The Kier molecular flexibility index (Phi) is 3.89. The molecule has 1 rings (SSSR count). The molecule has 0 bridgehead atoms. The van der Waals surface area contributed by atoms with Crippen LogP contribution in [0.4, 0.5) is 0 Å². The van der Waals surface area contributed by atoms with Gasteiger partial charge in [0.2, 0.25) is 0 Å². The molecule has 0 aromatic heterocycles. The van der Waals surface area contributed by atoms with Crippen LogP contribution in [0.1, 0.15) is 24.3 Å². The SMILES string of the molecule is O=[C]CC(C[C]=O)c1ccccc1. The van der Waals surface area contributed by atoms with Gasteiger partial charge in [0.25, 0.3) is 0 Å². The van der Waals surface area contributed by atoms with Crippen LogP contribution < -0.4 is 0 Å². The van der Waals surface area contributed by atoms with E-state index in [1.807, 2.05) is 42.9 Å². The molecule has 0 saturated carbocycles. The first kappa shape index (κ1) is 9.65. The maximum Gasteiger partial charge on any atom is 0.199 e. The molecule has 66 valence electrons. The average Bonchev–Trinajstić information content (AvgIpc) is 2.19. The molecule has 13 heavy (non-hydrogen) atoms. The van der Waals surface area contributed by atoms with E-state index in [4.69, 9.17) is 0 Å². The van der Waals surface area contributed by atoms with Crippen molar-refractivity contribution < 1.29 is 9.59 Å². The van der Waals surface area contributed by atoms with Gasteiger partial charge in [-0.3, -0.25) is 9.59 Å². The molecule has 1 aromatic rings. The van der Waals surface area contributed by atoms with E-state index in [1.54, 1.807) is 0 Å². The summed E-state index contributed by atoms with van der Waals surface area (Å²) in [7, 11) is 0. The molecular formula is C11H10O2. The van der Waals surface area contributed by atoms with Crippen LogP contribution in [0.15, 0.2) is 30.3 Å². The number of carbonyl (C=O) groups excluding carboxylic acids is 2. The normalized spacial score (nSPS) is 9.92. The molecular weight excluding hydrogens is 164 g/mol. The van der Waals surface area contributed by atoms with Crippen LogP contribution in [-0.2, 0) is 9.59 Å². The molecule has 0 aliphatic heterocycles. The highest BCUT2D eigenvalue weighted by Gasteiger charge is 2.10. The number of benzene rings is 1. The van der Waals surface area contributed by atoms with E-state index in [1.165, 1.54) is 0 Å². The lowest BCUT2D eigenvalue weighted by atomic mass is 9.94. The van der Waals surface area contributed by atoms with Gasteiger partial charge in [-0.25, -0.2) is 0 Å². The first-order chi connectivity index (χ1) is 6.38. The first-order valence-corrected chi connectivity index (χ1v) is 4.13. The van der Waals surface area contributed by atoms with Crippen LogP contribution in [0.2, 0.25) is 0 Å². The molecule has 0 aliphatic carbocycles. The molecule has 0 amide bonds. The van der Waals surface area contributed by atoms with Gasteiger partial charge >= 0.3 is 0 Å². The van der Waals surface area contributed by atoms with Crippen LogP contribution in [0.25, 0.3) is 0 Å². The van der Waals surface area contributed by atoms with Gasteiger partial charge in [-0.2, -0.15) is 0 Å². The topological polar surface area (TPSA) is 34.1 Å².